The zero-order valence-corrected chi connectivity index (χ0v) is 9.06. The normalized spacial score (nSPS) is 14.2. The number of hydrogen-bond donors (Lipinski definition) is 3. The lowest BCUT2D eigenvalue weighted by Gasteiger charge is -2.27. The summed E-state index contributed by atoms with van der Waals surface area (Å²) in [6.45, 7) is 12.6. The minimum atomic E-state index is 0.0939. The molecule has 3 heteroatoms. The van der Waals surface area contributed by atoms with Crippen LogP contribution in [0.15, 0.2) is 12.7 Å². The van der Waals surface area contributed by atoms with E-state index in [1.54, 1.807) is 0 Å². The summed E-state index contributed by atoms with van der Waals surface area (Å²) in [6.07, 6.45) is 1.86. The summed E-state index contributed by atoms with van der Waals surface area (Å²) in [5, 5.41) is 6.67. The first-order chi connectivity index (χ1) is 5.98. The molecule has 1 unspecified atom stereocenters. The SMILES string of the molecule is C=CCNCC(C)(C)NCC(C)N. The van der Waals surface area contributed by atoms with Gasteiger partial charge in [-0.05, 0) is 20.8 Å². The average Bonchev–Trinajstić information content (AvgIpc) is 2.02. The molecule has 4 N–H and O–H groups in total. The molecule has 0 saturated carbocycles. The van der Waals surface area contributed by atoms with Crippen LogP contribution in [0.4, 0.5) is 0 Å². The zero-order chi connectivity index (χ0) is 10.3. The van der Waals surface area contributed by atoms with Crippen molar-refractivity contribution in [2.45, 2.75) is 32.4 Å². The van der Waals surface area contributed by atoms with Gasteiger partial charge in [-0.15, -0.1) is 6.58 Å². The van der Waals surface area contributed by atoms with Crippen LogP contribution in [0, 0.1) is 0 Å². The van der Waals surface area contributed by atoms with Crippen LogP contribution < -0.4 is 16.4 Å². The molecule has 0 aliphatic rings. The first-order valence-corrected chi connectivity index (χ1v) is 4.80. The summed E-state index contributed by atoms with van der Waals surface area (Å²) in [5.41, 5.74) is 5.75. The molecular formula is C10H23N3. The minimum absolute atomic E-state index is 0.0939. The molecule has 13 heavy (non-hydrogen) atoms. The summed E-state index contributed by atoms with van der Waals surface area (Å²) in [6, 6.07) is 0.207. The monoisotopic (exact) mass is 185 g/mol. The van der Waals surface area contributed by atoms with Crippen molar-refractivity contribution in [3.63, 3.8) is 0 Å². The van der Waals surface area contributed by atoms with E-state index in [0.717, 1.165) is 19.6 Å². The third kappa shape index (κ3) is 7.96. The Morgan fingerprint density at radius 1 is 1.54 bits per heavy atom. The maximum atomic E-state index is 5.66. The highest BCUT2D eigenvalue weighted by Gasteiger charge is 2.15. The molecular weight excluding hydrogens is 162 g/mol. The first-order valence-electron chi connectivity index (χ1n) is 4.80. The van der Waals surface area contributed by atoms with Crippen molar-refractivity contribution in [3.8, 4) is 0 Å². The van der Waals surface area contributed by atoms with Crippen molar-refractivity contribution in [3.05, 3.63) is 12.7 Å². The van der Waals surface area contributed by atoms with Gasteiger partial charge in [-0.2, -0.15) is 0 Å². The Morgan fingerprint density at radius 3 is 2.62 bits per heavy atom. The number of nitrogens with one attached hydrogen (secondary N) is 2. The lowest BCUT2D eigenvalue weighted by Crippen LogP contribution is -2.50. The van der Waals surface area contributed by atoms with Gasteiger partial charge in [0.15, 0.2) is 0 Å². The third-order valence-electron chi connectivity index (χ3n) is 1.76. The summed E-state index contributed by atoms with van der Waals surface area (Å²) in [7, 11) is 0. The van der Waals surface area contributed by atoms with Crippen LogP contribution >= 0.6 is 0 Å². The third-order valence-corrected chi connectivity index (χ3v) is 1.76. The predicted octanol–water partition coefficient (Wildman–Crippen LogP) is 0.477. The van der Waals surface area contributed by atoms with Gasteiger partial charge in [0, 0.05) is 31.2 Å². The Bertz CT molecular complexity index is 141. The zero-order valence-electron chi connectivity index (χ0n) is 9.06. The quantitative estimate of drug-likeness (QED) is 0.399. The summed E-state index contributed by atoms with van der Waals surface area (Å²) >= 11 is 0. The Hall–Kier alpha value is -0.380. The number of hydrogen-bond acceptors (Lipinski definition) is 3. The molecule has 0 spiro atoms. The maximum absolute atomic E-state index is 5.66. The van der Waals surface area contributed by atoms with Crippen LogP contribution in [0.3, 0.4) is 0 Å². The topological polar surface area (TPSA) is 50.1 Å². The van der Waals surface area contributed by atoms with E-state index in [0.29, 0.717) is 0 Å². The Labute approximate surface area is 81.8 Å². The molecule has 0 heterocycles. The average molecular weight is 185 g/mol. The molecule has 0 aromatic rings. The van der Waals surface area contributed by atoms with Gasteiger partial charge in [-0.25, -0.2) is 0 Å². The predicted molar refractivity (Wildman–Crippen MR) is 58.8 cm³/mol. The molecule has 78 valence electrons. The molecule has 0 aliphatic heterocycles. The van der Waals surface area contributed by atoms with Crippen LogP contribution in [0.5, 0.6) is 0 Å². The van der Waals surface area contributed by atoms with Crippen LogP contribution in [0.1, 0.15) is 20.8 Å². The summed E-state index contributed by atoms with van der Waals surface area (Å²) in [5.74, 6) is 0. The smallest absolute Gasteiger partial charge is 0.0250 e. The fourth-order valence-corrected chi connectivity index (χ4v) is 0.987. The van der Waals surface area contributed by atoms with Crippen molar-refractivity contribution in [2.24, 2.45) is 5.73 Å². The molecule has 1 atom stereocenters. The largest absolute Gasteiger partial charge is 0.327 e. The van der Waals surface area contributed by atoms with Gasteiger partial charge in [0.1, 0.15) is 0 Å². The molecule has 0 aliphatic carbocycles. The van der Waals surface area contributed by atoms with E-state index in [4.69, 9.17) is 5.73 Å². The van der Waals surface area contributed by atoms with Crippen molar-refractivity contribution in [1.29, 1.82) is 0 Å². The van der Waals surface area contributed by atoms with Gasteiger partial charge < -0.3 is 16.4 Å². The van der Waals surface area contributed by atoms with Crippen molar-refractivity contribution >= 4 is 0 Å². The second-order valence-corrected chi connectivity index (χ2v) is 4.16. The van der Waals surface area contributed by atoms with Crippen molar-refractivity contribution in [1.82, 2.24) is 10.6 Å². The van der Waals surface area contributed by atoms with Crippen LogP contribution in [-0.2, 0) is 0 Å². The lowest BCUT2D eigenvalue weighted by molar-refractivity contribution is 0.362. The van der Waals surface area contributed by atoms with Gasteiger partial charge in [0.2, 0.25) is 0 Å². The highest BCUT2D eigenvalue weighted by molar-refractivity contribution is 4.83. The fraction of sp³-hybridized carbons (Fsp3) is 0.800. The Balaban J connectivity index is 3.59. The second kappa shape index (κ2) is 6.13. The van der Waals surface area contributed by atoms with Crippen LogP contribution in [0.25, 0.3) is 0 Å². The molecule has 3 nitrogen and oxygen atoms in total. The number of rotatable bonds is 7. The second-order valence-electron chi connectivity index (χ2n) is 4.16. The molecule has 0 bridgehead atoms. The van der Waals surface area contributed by atoms with E-state index >= 15 is 0 Å². The molecule has 0 rings (SSSR count). The highest BCUT2D eigenvalue weighted by Crippen LogP contribution is 1.99. The van der Waals surface area contributed by atoms with Crippen LogP contribution in [-0.4, -0.2) is 31.2 Å². The lowest BCUT2D eigenvalue weighted by atomic mass is 10.1. The Kier molecular flexibility index (Phi) is 5.95. The molecule has 0 saturated heterocycles. The van der Waals surface area contributed by atoms with E-state index in [-0.39, 0.29) is 11.6 Å². The molecule has 0 amide bonds. The molecule has 0 radical (unpaired) electrons. The Morgan fingerprint density at radius 2 is 2.15 bits per heavy atom. The van der Waals surface area contributed by atoms with Gasteiger partial charge in [-0.1, -0.05) is 6.08 Å². The molecule has 0 aromatic carbocycles. The van der Waals surface area contributed by atoms with Crippen molar-refractivity contribution in [2.75, 3.05) is 19.6 Å². The van der Waals surface area contributed by atoms with E-state index < -0.39 is 0 Å². The maximum Gasteiger partial charge on any atom is 0.0250 e. The fourth-order valence-electron chi connectivity index (χ4n) is 0.987. The van der Waals surface area contributed by atoms with E-state index in [9.17, 15) is 0 Å². The van der Waals surface area contributed by atoms with Gasteiger partial charge >= 0.3 is 0 Å². The van der Waals surface area contributed by atoms with E-state index in [2.05, 4.69) is 31.1 Å². The van der Waals surface area contributed by atoms with Crippen LogP contribution in [0.2, 0.25) is 0 Å². The standard InChI is InChI=1S/C10H23N3/c1-5-6-12-8-10(3,4)13-7-9(2)11/h5,9,12-13H,1,6-8,11H2,2-4H3. The van der Waals surface area contributed by atoms with Crippen molar-refractivity contribution < 1.29 is 0 Å². The highest BCUT2D eigenvalue weighted by atomic mass is 15.0. The number of nitrogens with two attached hydrogens (primary N) is 1. The minimum Gasteiger partial charge on any atom is -0.327 e. The molecule has 0 aromatic heterocycles. The van der Waals surface area contributed by atoms with Gasteiger partial charge in [0.25, 0.3) is 0 Å². The van der Waals surface area contributed by atoms with E-state index in [1.165, 1.54) is 0 Å². The van der Waals surface area contributed by atoms with Gasteiger partial charge in [0.05, 0.1) is 0 Å². The summed E-state index contributed by atoms with van der Waals surface area (Å²) < 4.78 is 0. The molecule has 0 fully saturated rings. The van der Waals surface area contributed by atoms with Gasteiger partial charge in [-0.3, -0.25) is 0 Å². The summed E-state index contributed by atoms with van der Waals surface area (Å²) in [4.78, 5) is 0. The first kappa shape index (κ1) is 12.6. The van der Waals surface area contributed by atoms with E-state index in [1.807, 2.05) is 13.0 Å².